The summed E-state index contributed by atoms with van der Waals surface area (Å²) in [6.45, 7) is 3.94. The predicted molar refractivity (Wildman–Crippen MR) is 46.5 cm³/mol. The van der Waals surface area contributed by atoms with Crippen LogP contribution in [0.4, 0.5) is 0 Å². The Hall–Kier alpha value is -1.11. The highest BCUT2D eigenvalue weighted by atomic mass is 14.3. The normalized spacial score (nSPS) is 13.2. The molecule has 0 aliphatic rings. The minimum absolute atomic E-state index is 1.09. The minimum atomic E-state index is 1.09. The first kappa shape index (κ1) is 8.89. The lowest BCUT2D eigenvalue weighted by atomic mass is 10.2. The van der Waals surface area contributed by atoms with Crippen LogP contribution in [0.2, 0.25) is 0 Å². The van der Waals surface area contributed by atoms with Gasteiger partial charge in [-0.2, -0.15) is 0 Å². The van der Waals surface area contributed by atoms with E-state index >= 15 is 0 Å². The van der Waals surface area contributed by atoms with Gasteiger partial charge in [0.1, 0.15) is 0 Å². The van der Waals surface area contributed by atoms with Crippen LogP contribution in [-0.2, 0) is 0 Å². The molecule has 0 aliphatic heterocycles. The molecule has 0 aromatic carbocycles. The highest BCUT2D eigenvalue weighted by Gasteiger charge is 1.73. The summed E-state index contributed by atoms with van der Waals surface area (Å²) in [6.07, 6.45) is 10.9. The van der Waals surface area contributed by atoms with Gasteiger partial charge in [-0.3, -0.25) is 0 Å². The van der Waals surface area contributed by atoms with Crippen LogP contribution < -0.4 is 0 Å². The largest absolute Gasteiger partial charge is 0.309 e. The lowest BCUT2D eigenvalue weighted by molar-refractivity contribution is 1.51. The Labute approximate surface area is 62.3 Å². The van der Waals surface area contributed by atoms with Crippen molar-refractivity contribution in [2.75, 3.05) is 0 Å². The molecule has 0 atom stereocenters. The van der Waals surface area contributed by atoms with E-state index in [4.69, 9.17) is 5.41 Å². The molecule has 54 valence electrons. The molecule has 0 fully saturated rings. The van der Waals surface area contributed by atoms with E-state index < -0.39 is 0 Å². The van der Waals surface area contributed by atoms with Gasteiger partial charge in [0.05, 0.1) is 0 Å². The highest BCUT2D eigenvalue weighted by Crippen LogP contribution is 1.92. The maximum atomic E-state index is 6.76. The molecule has 0 unspecified atom stereocenters. The standard InChI is InChI=1S/C9H13N/c1-3-4-5-6-9(2)7-8-10/h3-8,10H,1-2H3/b4-3-,6-5-,9-7+,10-8?. The van der Waals surface area contributed by atoms with Gasteiger partial charge in [0, 0.05) is 6.21 Å². The van der Waals surface area contributed by atoms with Crippen LogP contribution in [0.15, 0.2) is 36.0 Å². The van der Waals surface area contributed by atoms with Crippen LogP contribution in [0.3, 0.4) is 0 Å². The quantitative estimate of drug-likeness (QED) is 0.454. The fraction of sp³-hybridized carbons (Fsp3) is 0.222. The molecular weight excluding hydrogens is 122 g/mol. The van der Waals surface area contributed by atoms with Crippen molar-refractivity contribution in [3.63, 3.8) is 0 Å². The third kappa shape index (κ3) is 5.04. The Bertz CT molecular complexity index is 173. The molecule has 10 heavy (non-hydrogen) atoms. The average Bonchev–Trinajstić information content (AvgIpc) is 1.89. The van der Waals surface area contributed by atoms with E-state index in [0.29, 0.717) is 0 Å². The molecule has 0 spiro atoms. The summed E-state index contributed by atoms with van der Waals surface area (Å²) >= 11 is 0. The fourth-order valence-electron chi connectivity index (χ4n) is 0.505. The topological polar surface area (TPSA) is 23.9 Å². The Balaban J connectivity index is 3.88. The first-order chi connectivity index (χ1) is 4.81. The van der Waals surface area contributed by atoms with Crippen LogP contribution in [0.1, 0.15) is 13.8 Å². The number of rotatable bonds is 3. The van der Waals surface area contributed by atoms with E-state index in [0.717, 1.165) is 5.57 Å². The second-order valence-corrected chi connectivity index (χ2v) is 1.96. The van der Waals surface area contributed by atoms with Crippen LogP contribution >= 0.6 is 0 Å². The number of hydrogen-bond donors (Lipinski definition) is 1. The van der Waals surface area contributed by atoms with Crippen LogP contribution in [0.5, 0.6) is 0 Å². The molecule has 1 nitrogen and oxygen atoms in total. The van der Waals surface area contributed by atoms with E-state index in [9.17, 15) is 0 Å². The van der Waals surface area contributed by atoms with Gasteiger partial charge in [-0.1, -0.05) is 24.3 Å². The lowest BCUT2D eigenvalue weighted by Gasteiger charge is -1.83. The van der Waals surface area contributed by atoms with Gasteiger partial charge in [-0.25, -0.2) is 0 Å². The van der Waals surface area contributed by atoms with Gasteiger partial charge < -0.3 is 5.41 Å². The van der Waals surface area contributed by atoms with Crippen LogP contribution in [-0.4, -0.2) is 6.21 Å². The van der Waals surface area contributed by atoms with E-state index in [1.807, 2.05) is 38.2 Å². The zero-order valence-corrected chi connectivity index (χ0v) is 6.46. The van der Waals surface area contributed by atoms with E-state index in [-0.39, 0.29) is 0 Å². The molecule has 1 N–H and O–H groups in total. The number of allylic oxidation sites excluding steroid dienone is 6. The first-order valence-corrected chi connectivity index (χ1v) is 3.28. The summed E-state index contributed by atoms with van der Waals surface area (Å²) in [5.41, 5.74) is 1.09. The summed E-state index contributed by atoms with van der Waals surface area (Å²) in [5, 5.41) is 6.76. The van der Waals surface area contributed by atoms with Gasteiger partial charge in [0.2, 0.25) is 0 Å². The Kier molecular flexibility index (Phi) is 5.35. The summed E-state index contributed by atoms with van der Waals surface area (Å²) < 4.78 is 0. The first-order valence-electron chi connectivity index (χ1n) is 3.28. The summed E-state index contributed by atoms with van der Waals surface area (Å²) in [7, 11) is 0. The molecule has 0 bridgehead atoms. The van der Waals surface area contributed by atoms with Crippen molar-refractivity contribution >= 4 is 6.21 Å². The second-order valence-electron chi connectivity index (χ2n) is 1.96. The molecular formula is C9H13N. The lowest BCUT2D eigenvalue weighted by Crippen LogP contribution is -1.67. The molecule has 0 saturated heterocycles. The summed E-state index contributed by atoms with van der Waals surface area (Å²) in [6, 6.07) is 0. The van der Waals surface area contributed by atoms with Crippen molar-refractivity contribution in [2.24, 2.45) is 0 Å². The SMILES string of the molecule is C\C=C/C=C\C(C)=C\C=N. The van der Waals surface area contributed by atoms with Crippen molar-refractivity contribution in [3.8, 4) is 0 Å². The predicted octanol–water partition coefficient (Wildman–Crippen LogP) is 2.71. The maximum Gasteiger partial charge on any atom is 0.0180 e. The van der Waals surface area contributed by atoms with Crippen molar-refractivity contribution in [1.82, 2.24) is 0 Å². The smallest absolute Gasteiger partial charge is 0.0180 e. The van der Waals surface area contributed by atoms with Crippen LogP contribution in [0.25, 0.3) is 0 Å². The number of nitrogens with one attached hydrogen (secondary N) is 1. The molecule has 0 radical (unpaired) electrons. The summed E-state index contributed by atoms with van der Waals surface area (Å²) in [4.78, 5) is 0. The summed E-state index contributed by atoms with van der Waals surface area (Å²) in [5.74, 6) is 0. The molecule has 0 aromatic rings. The molecule has 0 amide bonds. The van der Waals surface area contributed by atoms with E-state index in [1.54, 1.807) is 6.08 Å². The van der Waals surface area contributed by atoms with Crippen molar-refractivity contribution < 1.29 is 0 Å². The van der Waals surface area contributed by atoms with E-state index in [1.165, 1.54) is 6.21 Å². The molecule has 0 saturated carbocycles. The zero-order chi connectivity index (χ0) is 7.82. The highest BCUT2D eigenvalue weighted by molar-refractivity contribution is 5.69. The Morgan fingerprint density at radius 1 is 1.30 bits per heavy atom. The Morgan fingerprint density at radius 2 is 2.00 bits per heavy atom. The second kappa shape index (κ2) is 6.02. The number of hydrogen-bond acceptors (Lipinski definition) is 1. The van der Waals surface area contributed by atoms with Gasteiger partial charge in [0.15, 0.2) is 0 Å². The molecule has 0 aliphatic carbocycles. The Morgan fingerprint density at radius 3 is 2.50 bits per heavy atom. The third-order valence-electron chi connectivity index (χ3n) is 1.01. The van der Waals surface area contributed by atoms with Gasteiger partial charge >= 0.3 is 0 Å². The zero-order valence-electron chi connectivity index (χ0n) is 6.46. The molecule has 0 heterocycles. The monoisotopic (exact) mass is 135 g/mol. The van der Waals surface area contributed by atoms with E-state index in [2.05, 4.69) is 0 Å². The van der Waals surface area contributed by atoms with Gasteiger partial charge in [-0.05, 0) is 25.5 Å². The van der Waals surface area contributed by atoms with Crippen LogP contribution in [0, 0.1) is 5.41 Å². The third-order valence-corrected chi connectivity index (χ3v) is 1.01. The van der Waals surface area contributed by atoms with Gasteiger partial charge in [-0.15, -0.1) is 0 Å². The van der Waals surface area contributed by atoms with Crippen molar-refractivity contribution in [1.29, 1.82) is 5.41 Å². The average molecular weight is 135 g/mol. The maximum absolute atomic E-state index is 6.76. The van der Waals surface area contributed by atoms with Crippen molar-refractivity contribution in [3.05, 3.63) is 36.0 Å². The van der Waals surface area contributed by atoms with Gasteiger partial charge in [0.25, 0.3) is 0 Å². The molecule has 1 heteroatoms. The van der Waals surface area contributed by atoms with Crippen molar-refractivity contribution in [2.45, 2.75) is 13.8 Å². The molecule has 0 aromatic heterocycles. The minimum Gasteiger partial charge on any atom is -0.309 e. The molecule has 0 rings (SSSR count). The fourth-order valence-corrected chi connectivity index (χ4v) is 0.505.